The summed E-state index contributed by atoms with van der Waals surface area (Å²) in [6.07, 6.45) is 0. The molecule has 0 fully saturated rings. The van der Waals surface area contributed by atoms with Gasteiger partial charge in [0.2, 0.25) is 0 Å². The largest absolute Gasteiger partial charge is 0.493 e. The van der Waals surface area contributed by atoms with Crippen molar-refractivity contribution in [2.45, 2.75) is 0 Å². The molecule has 0 aliphatic heterocycles. The van der Waals surface area contributed by atoms with Gasteiger partial charge in [0, 0.05) is 17.6 Å². The molecule has 0 amide bonds. The number of hydrogen-bond acceptors (Lipinski definition) is 5. The SMILES string of the molecule is CNc1nc2c(Br)cc(OC)c(OC)c2s1. The van der Waals surface area contributed by atoms with Gasteiger partial charge in [0.25, 0.3) is 0 Å². The molecule has 16 heavy (non-hydrogen) atoms. The van der Waals surface area contributed by atoms with E-state index in [1.165, 1.54) is 11.3 Å². The molecule has 0 radical (unpaired) electrons. The Hall–Kier alpha value is -1.01. The number of aromatic nitrogens is 1. The smallest absolute Gasteiger partial charge is 0.183 e. The number of rotatable bonds is 3. The average molecular weight is 303 g/mol. The summed E-state index contributed by atoms with van der Waals surface area (Å²) in [4.78, 5) is 4.44. The lowest BCUT2D eigenvalue weighted by atomic mass is 10.3. The second kappa shape index (κ2) is 4.47. The van der Waals surface area contributed by atoms with E-state index in [2.05, 4.69) is 26.2 Å². The van der Waals surface area contributed by atoms with Gasteiger partial charge in [-0.15, -0.1) is 0 Å². The molecule has 1 N–H and O–H groups in total. The van der Waals surface area contributed by atoms with E-state index in [1.54, 1.807) is 14.2 Å². The van der Waals surface area contributed by atoms with Crippen LogP contribution < -0.4 is 14.8 Å². The van der Waals surface area contributed by atoms with Gasteiger partial charge in [0.15, 0.2) is 16.6 Å². The maximum atomic E-state index is 5.36. The summed E-state index contributed by atoms with van der Waals surface area (Å²) < 4.78 is 12.5. The van der Waals surface area contributed by atoms with Gasteiger partial charge in [-0.2, -0.15) is 0 Å². The number of benzene rings is 1. The highest BCUT2D eigenvalue weighted by molar-refractivity contribution is 9.10. The van der Waals surface area contributed by atoms with Crippen molar-refractivity contribution in [3.63, 3.8) is 0 Å². The molecule has 6 heteroatoms. The fourth-order valence-electron chi connectivity index (χ4n) is 1.45. The van der Waals surface area contributed by atoms with Crippen LogP contribution in [-0.2, 0) is 0 Å². The lowest BCUT2D eigenvalue weighted by Crippen LogP contribution is -1.91. The molecular weight excluding hydrogens is 292 g/mol. The van der Waals surface area contributed by atoms with E-state index >= 15 is 0 Å². The van der Waals surface area contributed by atoms with Crippen molar-refractivity contribution in [3.8, 4) is 11.5 Å². The van der Waals surface area contributed by atoms with Gasteiger partial charge in [-0.05, 0) is 15.9 Å². The molecule has 4 nitrogen and oxygen atoms in total. The molecule has 86 valence electrons. The van der Waals surface area contributed by atoms with Crippen molar-refractivity contribution < 1.29 is 9.47 Å². The maximum Gasteiger partial charge on any atom is 0.183 e. The molecule has 0 aliphatic carbocycles. The molecule has 2 rings (SSSR count). The van der Waals surface area contributed by atoms with Crippen molar-refractivity contribution in [2.75, 3.05) is 26.6 Å². The number of nitrogens with zero attached hydrogens (tertiary/aromatic N) is 1. The minimum Gasteiger partial charge on any atom is -0.493 e. The van der Waals surface area contributed by atoms with E-state index in [-0.39, 0.29) is 0 Å². The summed E-state index contributed by atoms with van der Waals surface area (Å²) in [6.45, 7) is 0. The van der Waals surface area contributed by atoms with Crippen LogP contribution in [0.5, 0.6) is 11.5 Å². The summed E-state index contributed by atoms with van der Waals surface area (Å²) in [6, 6.07) is 1.86. The molecule has 1 aromatic carbocycles. The number of fused-ring (bicyclic) bond motifs is 1. The molecule has 0 unspecified atom stereocenters. The van der Waals surface area contributed by atoms with Crippen molar-refractivity contribution in [1.29, 1.82) is 0 Å². The predicted octanol–water partition coefficient (Wildman–Crippen LogP) is 3.12. The Labute approximate surface area is 106 Å². The zero-order chi connectivity index (χ0) is 11.7. The van der Waals surface area contributed by atoms with Crippen LogP contribution in [0.15, 0.2) is 10.5 Å². The van der Waals surface area contributed by atoms with Crippen LogP contribution in [0.25, 0.3) is 10.2 Å². The molecule has 1 aromatic heterocycles. The number of ether oxygens (including phenoxy) is 2. The molecule has 0 spiro atoms. The first-order chi connectivity index (χ1) is 7.71. The van der Waals surface area contributed by atoms with Crippen LogP contribution in [-0.4, -0.2) is 26.3 Å². The Balaban J connectivity index is 2.78. The Morgan fingerprint density at radius 3 is 2.69 bits per heavy atom. The van der Waals surface area contributed by atoms with E-state index in [0.29, 0.717) is 5.75 Å². The number of nitrogens with one attached hydrogen (secondary N) is 1. The van der Waals surface area contributed by atoms with E-state index < -0.39 is 0 Å². The van der Waals surface area contributed by atoms with Gasteiger partial charge >= 0.3 is 0 Å². The van der Waals surface area contributed by atoms with Gasteiger partial charge in [-0.3, -0.25) is 0 Å². The highest BCUT2D eigenvalue weighted by atomic mass is 79.9. The molecule has 2 aromatic rings. The van der Waals surface area contributed by atoms with Crippen LogP contribution >= 0.6 is 27.3 Å². The highest BCUT2D eigenvalue weighted by Crippen LogP contribution is 2.43. The van der Waals surface area contributed by atoms with Crippen LogP contribution in [0.1, 0.15) is 0 Å². The Morgan fingerprint density at radius 1 is 1.38 bits per heavy atom. The van der Waals surface area contributed by atoms with E-state index in [9.17, 15) is 0 Å². The highest BCUT2D eigenvalue weighted by Gasteiger charge is 2.16. The molecule has 0 aliphatic rings. The van der Waals surface area contributed by atoms with Gasteiger partial charge < -0.3 is 14.8 Å². The fraction of sp³-hybridized carbons (Fsp3) is 0.300. The van der Waals surface area contributed by atoms with Crippen molar-refractivity contribution in [1.82, 2.24) is 4.98 Å². The number of thiazole rings is 1. The topological polar surface area (TPSA) is 43.4 Å². The average Bonchev–Trinajstić information content (AvgIpc) is 2.73. The lowest BCUT2D eigenvalue weighted by molar-refractivity contribution is 0.359. The third kappa shape index (κ3) is 1.72. The molecule has 0 saturated carbocycles. The first-order valence-corrected chi connectivity index (χ1v) is 6.21. The van der Waals surface area contributed by atoms with Crippen molar-refractivity contribution in [3.05, 3.63) is 10.5 Å². The minimum atomic E-state index is 0.702. The minimum absolute atomic E-state index is 0.702. The van der Waals surface area contributed by atoms with E-state index in [4.69, 9.17) is 9.47 Å². The number of hydrogen-bond donors (Lipinski definition) is 1. The lowest BCUT2D eigenvalue weighted by Gasteiger charge is -2.08. The summed E-state index contributed by atoms with van der Waals surface area (Å²) >= 11 is 5.01. The third-order valence-electron chi connectivity index (χ3n) is 2.18. The molecular formula is C10H11BrN2O2S. The molecule has 0 bridgehead atoms. The van der Waals surface area contributed by atoms with Crippen LogP contribution in [0.2, 0.25) is 0 Å². The van der Waals surface area contributed by atoms with Crippen LogP contribution in [0.4, 0.5) is 5.13 Å². The van der Waals surface area contributed by atoms with E-state index in [1.807, 2.05) is 13.1 Å². The quantitative estimate of drug-likeness (QED) is 0.946. The summed E-state index contributed by atoms with van der Waals surface area (Å²) in [5.41, 5.74) is 0.881. The number of anilines is 1. The second-order valence-electron chi connectivity index (χ2n) is 3.04. The Morgan fingerprint density at radius 2 is 2.12 bits per heavy atom. The maximum absolute atomic E-state index is 5.36. The van der Waals surface area contributed by atoms with Crippen molar-refractivity contribution >= 4 is 42.6 Å². The number of halogens is 1. The fourth-order valence-corrected chi connectivity index (χ4v) is 3.04. The zero-order valence-electron chi connectivity index (χ0n) is 9.13. The van der Waals surface area contributed by atoms with Gasteiger partial charge in [-0.1, -0.05) is 11.3 Å². The van der Waals surface area contributed by atoms with Gasteiger partial charge in [-0.25, -0.2) is 4.98 Å². The number of methoxy groups -OCH3 is 2. The van der Waals surface area contributed by atoms with Crippen LogP contribution in [0.3, 0.4) is 0 Å². The summed E-state index contributed by atoms with van der Waals surface area (Å²) in [5, 5.41) is 3.87. The van der Waals surface area contributed by atoms with Gasteiger partial charge in [0.1, 0.15) is 10.2 Å². The third-order valence-corrected chi connectivity index (χ3v) is 3.86. The summed E-state index contributed by atoms with van der Waals surface area (Å²) in [5.74, 6) is 1.42. The standard InChI is InChI=1S/C10H11BrN2O2S/c1-12-10-13-7-5(11)4-6(14-2)8(15-3)9(7)16-10/h4H,1-3H3,(H,12,13). The van der Waals surface area contributed by atoms with Crippen molar-refractivity contribution in [2.24, 2.45) is 0 Å². The zero-order valence-corrected chi connectivity index (χ0v) is 11.5. The van der Waals surface area contributed by atoms with E-state index in [0.717, 1.165) is 25.6 Å². The molecule has 0 saturated heterocycles. The van der Waals surface area contributed by atoms with Crippen LogP contribution in [0, 0.1) is 0 Å². The summed E-state index contributed by atoms with van der Waals surface area (Å²) in [7, 11) is 5.09. The molecule has 1 heterocycles. The monoisotopic (exact) mass is 302 g/mol. The van der Waals surface area contributed by atoms with Gasteiger partial charge in [0.05, 0.1) is 14.2 Å². The first-order valence-electron chi connectivity index (χ1n) is 4.60. The predicted molar refractivity (Wildman–Crippen MR) is 70.0 cm³/mol. The normalized spacial score (nSPS) is 10.5. The first kappa shape index (κ1) is 11.5. The molecule has 0 atom stereocenters. The Kier molecular flexibility index (Phi) is 3.20. The second-order valence-corrected chi connectivity index (χ2v) is 4.89. The Bertz CT molecular complexity index is 527.